The molecule has 2 nitrogen and oxygen atoms in total. The van der Waals surface area contributed by atoms with E-state index in [0.717, 1.165) is 6.29 Å². The smallest absolute Gasteiger partial charge is 0.145 e. The molecule has 0 bridgehead atoms. The van der Waals surface area contributed by atoms with Crippen LogP contribution in [0.5, 0.6) is 0 Å². The van der Waals surface area contributed by atoms with Crippen LogP contribution < -0.4 is 0 Å². The summed E-state index contributed by atoms with van der Waals surface area (Å²) < 4.78 is 0. The molecule has 0 aliphatic rings. The van der Waals surface area contributed by atoms with Crippen LogP contribution in [0.4, 0.5) is 0 Å². The molecule has 1 heterocycles. The lowest BCUT2D eigenvalue weighted by atomic mass is 10.4. The summed E-state index contributed by atoms with van der Waals surface area (Å²) in [6.45, 7) is 4.97. The maximum absolute atomic E-state index is 9.41. The summed E-state index contributed by atoms with van der Waals surface area (Å²) in [6.07, 6.45) is 4.22. The van der Waals surface area contributed by atoms with Crippen LogP contribution in [0.3, 0.4) is 0 Å². The quantitative estimate of drug-likeness (QED) is 0.450. The highest BCUT2D eigenvalue weighted by molar-refractivity contribution is 5.70. The van der Waals surface area contributed by atoms with Gasteiger partial charge in [0.05, 0.1) is 0 Å². The second-order valence-electron chi connectivity index (χ2n) is 1.99. The standard InChI is InChI=1S/C5H5N.C4H6O/c1-2-4-6-5-3-1;1-4(2)3-5/h1-5H;3H,1H2,2H3. The average molecular weight is 149 g/mol. The Labute approximate surface area is 66.6 Å². The molecule has 0 N–H and O–H groups in total. The highest BCUT2D eigenvalue weighted by Crippen LogP contribution is 1.73. The summed E-state index contributed by atoms with van der Waals surface area (Å²) in [5, 5.41) is 0. The van der Waals surface area contributed by atoms with Gasteiger partial charge in [-0.3, -0.25) is 9.78 Å². The summed E-state index contributed by atoms with van der Waals surface area (Å²) in [4.78, 5) is 13.2. The zero-order chi connectivity index (χ0) is 8.53. The molecule has 0 amide bonds. The molecule has 0 atom stereocenters. The summed E-state index contributed by atoms with van der Waals surface area (Å²) in [5.41, 5.74) is 0.574. The molecular weight excluding hydrogens is 138 g/mol. The average Bonchev–Trinajstić information content (AvgIpc) is 2.09. The van der Waals surface area contributed by atoms with Crippen molar-refractivity contribution in [1.29, 1.82) is 0 Å². The topological polar surface area (TPSA) is 30.0 Å². The van der Waals surface area contributed by atoms with Crippen molar-refractivity contribution in [3.63, 3.8) is 0 Å². The molecule has 0 spiro atoms. The van der Waals surface area contributed by atoms with E-state index in [1.54, 1.807) is 19.3 Å². The first-order valence-electron chi connectivity index (χ1n) is 3.23. The maximum Gasteiger partial charge on any atom is 0.145 e. The predicted octanol–water partition coefficient (Wildman–Crippen LogP) is 1.84. The summed E-state index contributed by atoms with van der Waals surface area (Å²) in [7, 11) is 0. The second-order valence-corrected chi connectivity index (χ2v) is 1.99. The first-order chi connectivity index (χ1) is 5.27. The lowest BCUT2D eigenvalue weighted by molar-refractivity contribution is -0.104. The molecule has 11 heavy (non-hydrogen) atoms. The van der Waals surface area contributed by atoms with Gasteiger partial charge in [0.25, 0.3) is 0 Å². The number of nitrogens with zero attached hydrogens (tertiary/aromatic N) is 1. The molecule has 1 rings (SSSR count). The lowest BCUT2D eigenvalue weighted by Crippen LogP contribution is -1.65. The first kappa shape index (κ1) is 9.56. The first-order valence-corrected chi connectivity index (χ1v) is 3.23. The van der Waals surface area contributed by atoms with Crippen LogP contribution in [0.15, 0.2) is 42.7 Å². The number of carbonyl (C=O) groups is 1. The molecule has 0 aliphatic carbocycles. The van der Waals surface area contributed by atoms with Crippen molar-refractivity contribution in [2.24, 2.45) is 0 Å². The highest BCUT2D eigenvalue weighted by Gasteiger charge is 1.66. The third kappa shape index (κ3) is 8.56. The Hall–Kier alpha value is -1.44. The minimum Gasteiger partial charge on any atom is -0.298 e. The van der Waals surface area contributed by atoms with E-state index >= 15 is 0 Å². The molecule has 0 aliphatic heterocycles. The number of rotatable bonds is 1. The van der Waals surface area contributed by atoms with E-state index in [9.17, 15) is 4.79 Å². The van der Waals surface area contributed by atoms with Crippen molar-refractivity contribution < 1.29 is 4.79 Å². The Kier molecular flexibility index (Phi) is 5.80. The predicted molar refractivity (Wildman–Crippen MR) is 45.1 cm³/mol. The SMILES string of the molecule is C=C(C)C=O.c1ccncc1. The van der Waals surface area contributed by atoms with E-state index in [-0.39, 0.29) is 0 Å². The van der Waals surface area contributed by atoms with Gasteiger partial charge in [0.15, 0.2) is 0 Å². The zero-order valence-corrected chi connectivity index (χ0v) is 6.53. The van der Waals surface area contributed by atoms with Gasteiger partial charge in [-0.2, -0.15) is 0 Å². The third-order valence-electron chi connectivity index (χ3n) is 0.768. The number of aromatic nitrogens is 1. The van der Waals surface area contributed by atoms with Gasteiger partial charge in [0, 0.05) is 12.4 Å². The van der Waals surface area contributed by atoms with Crippen molar-refractivity contribution in [3.8, 4) is 0 Å². The minimum absolute atomic E-state index is 0.574. The van der Waals surface area contributed by atoms with Gasteiger partial charge in [-0.05, 0) is 24.6 Å². The second kappa shape index (κ2) is 6.68. The van der Waals surface area contributed by atoms with Crippen LogP contribution in [0.1, 0.15) is 6.92 Å². The Bertz CT molecular complexity index is 179. The molecule has 0 radical (unpaired) electrons. The number of hydrogen-bond donors (Lipinski definition) is 0. The van der Waals surface area contributed by atoms with Crippen LogP contribution in [0, 0.1) is 0 Å². The molecule has 1 aromatic heterocycles. The fraction of sp³-hybridized carbons (Fsp3) is 0.111. The van der Waals surface area contributed by atoms with E-state index < -0.39 is 0 Å². The Morgan fingerprint density at radius 2 is 1.82 bits per heavy atom. The van der Waals surface area contributed by atoms with Crippen LogP contribution in [-0.4, -0.2) is 11.3 Å². The molecule has 0 fully saturated rings. The van der Waals surface area contributed by atoms with Gasteiger partial charge < -0.3 is 0 Å². The zero-order valence-electron chi connectivity index (χ0n) is 6.53. The number of pyridine rings is 1. The van der Waals surface area contributed by atoms with Gasteiger partial charge in [-0.15, -0.1) is 0 Å². The number of allylic oxidation sites excluding steroid dienone is 1. The van der Waals surface area contributed by atoms with E-state index in [0.29, 0.717) is 5.57 Å². The van der Waals surface area contributed by atoms with Crippen LogP contribution >= 0.6 is 0 Å². The normalized spacial score (nSPS) is 7.36. The monoisotopic (exact) mass is 149 g/mol. The maximum atomic E-state index is 9.41. The molecule has 0 unspecified atom stereocenters. The van der Waals surface area contributed by atoms with Crippen molar-refractivity contribution in [3.05, 3.63) is 42.7 Å². The summed E-state index contributed by atoms with van der Waals surface area (Å²) >= 11 is 0. The van der Waals surface area contributed by atoms with E-state index in [4.69, 9.17) is 0 Å². The molecule has 0 aromatic carbocycles. The van der Waals surface area contributed by atoms with Gasteiger partial charge in [-0.25, -0.2) is 0 Å². The number of aldehydes is 1. The molecule has 2 heteroatoms. The van der Waals surface area contributed by atoms with E-state index in [2.05, 4.69) is 11.6 Å². The van der Waals surface area contributed by atoms with Gasteiger partial charge in [0.1, 0.15) is 6.29 Å². The largest absolute Gasteiger partial charge is 0.298 e. The van der Waals surface area contributed by atoms with Gasteiger partial charge in [0.2, 0.25) is 0 Å². The number of carbonyl (C=O) groups excluding carboxylic acids is 1. The summed E-state index contributed by atoms with van der Waals surface area (Å²) in [5.74, 6) is 0. The van der Waals surface area contributed by atoms with Crippen molar-refractivity contribution in [2.45, 2.75) is 6.92 Å². The Morgan fingerprint density at radius 3 is 1.91 bits per heavy atom. The highest BCUT2D eigenvalue weighted by atomic mass is 16.1. The van der Waals surface area contributed by atoms with Crippen molar-refractivity contribution >= 4 is 6.29 Å². The van der Waals surface area contributed by atoms with Crippen LogP contribution in [0.2, 0.25) is 0 Å². The van der Waals surface area contributed by atoms with E-state index in [1.807, 2.05) is 18.2 Å². The van der Waals surface area contributed by atoms with E-state index in [1.165, 1.54) is 0 Å². The van der Waals surface area contributed by atoms with Crippen molar-refractivity contribution in [2.75, 3.05) is 0 Å². The van der Waals surface area contributed by atoms with Gasteiger partial charge >= 0.3 is 0 Å². The fourth-order valence-corrected chi connectivity index (χ4v) is 0.313. The molecule has 58 valence electrons. The number of hydrogen-bond acceptors (Lipinski definition) is 2. The summed E-state index contributed by atoms with van der Waals surface area (Å²) in [6, 6.07) is 5.72. The van der Waals surface area contributed by atoms with Crippen LogP contribution in [-0.2, 0) is 4.79 Å². The fourth-order valence-electron chi connectivity index (χ4n) is 0.313. The molecular formula is C9H11NO. The van der Waals surface area contributed by atoms with Gasteiger partial charge in [-0.1, -0.05) is 12.6 Å². The van der Waals surface area contributed by atoms with Crippen LogP contribution in [0.25, 0.3) is 0 Å². The molecule has 0 saturated heterocycles. The minimum atomic E-state index is 0.574. The third-order valence-corrected chi connectivity index (χ3v) is 0.768. The molecule has 1 aromatic rings. The Balaban J connectivity index is 0.000000187. The molecule has 0 saturated carbocycles. The Morgan fingerprint density at radius 1 is 1.36 bits per heavy atom. The lowest BCUT2D eigenvalue weighted by Gasteiger charge is -1.70. The van der Waals surface area contributed by atoms with Crippen molar-refractivity contribution in [1.82, 2.24) is 4.98 Å².